The molecule has 2 aliphatic carbocycles. The number of aliphatic hydroxyl groups excluding tert-OH is 1. The van der Waals surface area contributed by atoms with Crippen LogP contribution >= 0.6 is 0 Å². The van der Waals surface area contributed by atoms with Crippen molar-refractivity contribution in [1.29, 1.82) is 0 Å². The molecule has 1 heterocycles. The second-order valence-corrected chi connectivity index (χ2v) is 8.54. The van der Waals surface area contributed by atoms with Gasteiger partial charge < -0.3 is 20.1 Å². The Morgan fingerprint density at radius 1 is 1.14 bits per heavy atom. The van der Waals surface area contributed by atoms with Gasteiger partial charge in [0.25, 0.3) is 5.91 Å². The first-order chi connectivity index (χ1) is 13.6. The van der Waals surface area contributed by atoms with Crippen LogP contribution in [0.3, 0.4) is 0 Å². The summed E-state index contributed by atoms with van der Waals surface area (Å²) in [5, 5.41) is 13.2. The summed E-state index contributed by atoms with van der Waals surface area (Å²) in [6, 6.07) is 9.46. The molecule has 0 radical (unpaired) electrons. The molecule has 3 fully saturated rings. The lowest BCUT2D eigenvalue weighted by molar-refractivity contribution is -0.138. The molecule has 6 nitrogen and oxygen atoms in total. The van der Waals surface area contributed by atoms with E-state index in [0.29, 0.717) is 25.3 Å². The lowest BCUT2D eigenvalue weighted by Crippen LogP contribution is -2.57. The van der Waals surface area contributed by atoms with E-state index < -0.39 is 6.10 Å². The highest BCUT2D eigenvalue weighted by Gasteiger charge is 2.42. The Bertz CT molecular complexity index is 696. The SMILES string of the molecule is O=C(NC1CCC2(CC1)CN(C(=O)c1ccccc1)CCO2)[C@H](O)C1CCC1. The Balaban J connectivity index is 1.30. The van der Waals surface area contributed by atoms with Crippen LogP contribution in [-0.4, -0.2) is 59.3 Å². The number of nitrogens with zero attached hydrogens (tertiary/aromatic N) is 1. The molecule has 0 aromatic heterocycles. The smallest absolute Gasteiger partial charge is 0.254 e. The van der Waals surface area contributed by atoms with Gasteiger partial charge in [-0.3, -0.25) is 9.59 Å². The molecule has 1 saturated heterocycles. The maximum Gasteiger partial charge on any atom is 0.254 e. The van der Waals surface area contributed by atoms with Crippen molar-refractivity contribution < 1.29 is 19.4 Å². The second kappa shape index (κ2) is 8.21. The maximum atomic E-state index is 12.8. The van der Waals surface area contributed by atoms with Gasteiger partial charge in [0.1, 0.15) is 6.10 Å². The van der Waals surface area contributed by atoms with Crippen molar-refractivity contribution in [3.05, 3.63) is 35.9 Å². The number of ether oxygens (including phenoxy) is 1. The molecule has 152 valence electrons. The highest BCUT2D eigenvalue weighted by atomic mass is 16.5. The van der Waals surface area contributed by atoms with Gasteiger partial charge in [0.2, 0.25) is 5.91 Å². The van der Waals surface area contributed by atoms with Crippen molar-refractivity contribution in [1.82, 2.24) is 10.2 Å². The monoisotopic (exact) mass is 386 g/mol. The summed E-state index contributed by atoms with van der Waals surface area (Å²) < 4.78 is 6.13. The molecule has 1 aliphatic heterocycles. The Kier molecular flexibility index (Phi) is 5.69. The normalized spacial score (nSPS) is 29.2. The van der Waals surface area contributed by atoms with Crippen molar-refractivity contribution in [2.45, 2.75) is 62.7 Å². The number of carbonyl (C=O) groups is 2. The fourth-order valence-corrected chi connectivity index (χ4v) is 4.63. The molecule has 3 aliphatic rings. The third-order valence-corrected chi connectivity index (χ3v) is 6.66. The summed E-state index contributed by atoms with van der Waals surface area (Å²) in [5.74, 6) is -0.0346. The van der Waals surface area contributed by atoms with Gasteiger partial charge in [-0.15, -0.1) is 0 Å². The number of rotatable bonds is 4. The van der Waals surface area contributed by atoms with E-state index in [2.05, 4.69) is 5.32 Å². The van der Waals surface area contributed by atoms with Crippen LogP contribution in [-0.2, 0) is 9.53 Å². The number of hydrogen-bond acceptors (Lipinski definition) is 4. The predicted molar refractivity (Wildman–Crippen MR) is 105 cm³/mol. The molecule has 2 N–H and O–H groups in total. The van der Waals surface area contributed by atoms with E-state index in [9.17, 15) is 14.7 Å². The summed E-state index contributed by atoms with van der Waals surface area (Å²) in [4.78, 5) is 27.0. The molecule has 1 aromatic carbocycles. The molecular weight excluding hydrogens is 356 g/mol. The predicted octanol–water partition coefficient (Wildman–Crippen LogP) is 2.12. The molecule has 6 heteroatoms. The molecule has 1 aromatic rings. The van der Waals surface area contributed by atoms with Crippen molar-refractivity contribution in [3.63, 3.8) is 0 Å². The minimum atomic E-state index is -0.866. The lowest BCUT2D eigenvalue weighted by Gasteiger charge is -2.46. The third-order valence-electron chi connectivity index (χ3n) is 6.66. The summed E-state index contributed by atoms with van der Waals surface area (Å²) in [5.41, 5.74) is 0.404. The van der Waals surface area contributed by atoms with E-state index in [1.165, 1.54) is 0 Å². The van der Waals surface area contributed by atoms with Gasteiger partial charge in [0.15, 0.2) is 0 Å². The first-order valence-corrected chi connectivity index (χ1v) is 10.5. The van der Waals surface area contributed by atoms with E-state index in [-0.39, 0.29) is 29.4 Å². The van der Waals surface area contributed by atoms with Gasteiger partial charge in [0, 0.05) is 18.2 Å². The van der Waals surface area contributed by atoms with E-state index in [0.717, 1.165) is 44.9 Å². The third kappa shape index (κ3) is 4.08. The van der Waals surface area contributed by atoms with Gasteiger partial charge in [-0.2, -0.15) is 0 Å². The first kappa shape index (κ1) is 19.4. The number of morpholine rings is 1. The molecule has 1 spiro atoms. The summed E-state index contributed by atoms with van der Waals surface area (Å²) in [6.45, 7) is 1.77. The first-order valence-electron chi connectivity index (χ1n) is 10.5. The topological polar surface area (TPSA) is 78.9 Å². The average molecular weight is 386 g/mol. The average Bonchev–Trinajstić information content (AvgIpc) is 2.69. The second-order valence-electron chi connectivity index (χ2n) is 8.54. The van der Waals surface area contributed by atoms with Crippen LogP contribution in [0.15, 0.2) is 30.3 Å². The lowest BCUT2D eigenvalue weighted by atomic mass is 9.79. The largest absolute Gasteiger partial charge is 0.383 e. The van der Waals surface area contributed by atoms with Gasteiger partial charge in [-0.1, -0.05) is 24.6 Å². The van der Waals surface area contributed by atoms with Crippen LogP contribution in [0.1, 0.15) is 55.3 Å². The summed E-state index contributed by atoms with van der Waals surface area (Å²) in [7, 11) is 0. The maximum absolute atomic E-state index is 12.8. The zero-order chi connectivity index (χ0) is 19.6. The number of aliphatic hydroxyl groups is 1. The van der Waals surface area contributed by atoms with Crippen molar-refractivity contribution in [2.24, 2.45) is 5.92 Å². The van der Waals surface area contributed by atoms with E-state index in [1.54, 1.807) is 0 Å². The highest BCUT2D eigenvalue weighted by Crippen LogP contribution is 2.35. The van der Waals surface area contributed by atoms with Crippen LogP contribution in [0, 0.1) is 5.92 Å². The van der Waals surface area contributed by atoms with Crippen molar-refractivity contribution in [2.75, 3.05) is 19.7 Å². The Morgan fingerprint density at radius 2 is 1.86 bits per heavy atom. The van der Waals surface area contributed by atoms with Crippen molar-refractivity contribution >= 4 is 11.8 Å². The van der Waals surface area contributed by atoms with E-state index >= 15 is 0 Å². The molecule has 0 bridgehead atoms. The number of nitrogens with one attached hydrogen (secondary N) is 1. The van der Waals surface area contributed by atoms with Crippen molar-refractivity contribution in [3.8, 4) is 0 Å². The Hall–Kier alpha value is -1.92. The molecule has 28 heavy (non-hydrogen) atoms. The van der Waals surface area contributed by atoms with Gasteiger partial charge in [-0.05, 0) is 56.6 Å². The van der Waals surface area contributed by atoms with Gasteiger partial charge in [0.05, 0.1) is 18.8 Å². The molecule has 0 unspecified atom stereocenters. The number of benzene rings is 1. The zero-order valence-corrected chi connectivity index (χ0v) is 16.3. The van der Waals surface area contributed by atoms with Crippen LogP contribution in [0.4, 0.5) is 0 Å². The summed E-state index contributed by atoms with van der Waals surface area (Å²) in [6.07, 6.45) is 5.40. The Labute approximate surface area is 166 Å². The fourth-order valence-electron chi connectivity index (χ4n) is 4.63. The molecule has 2 saturated carbocycles. The minimum absolute atomic E-state index is 0.0577. The van der Waals surface area contributed by atoms with Crippen LogP contribution in [0.2, 0.25) is 0 Å². The molecular formula is C22H30N2O4. The standard InChI is InChI=1S/C22H30N2O4/c25-19(16-7-4-8-16)20(26)23-18-9-11-22(12-10-18)15-24(13-14-28-22)21(27)17-5-2-1-3-6-17/h1-3,5-6,16,18-19,25H,4,7-15H2,(H,23,26)/t18?,19-,22?/m1/s1. The quantitative estimate of drug-likeness (QED) is 0.831. The number of hydrogen-bond donors (Lipinski definition) is 2. The number of carbonyl (C=O) groups excluding carboxylic acids is 2. The molecule has 1 atom stereocenters. The molecule has 2 amide bonds. The highest BCUT2D eigenvalue weighted by molar-refractivity contribution is 5.94. The van der Waals surface area contributed by atoms with Crippen LogP contribution < -0.4 is 5.32 Å². The van der Waals surface area contributed by atoms with Gasteiger partial charge in [-0.25, -0.2) is 0 Å². The van der Waals surface area contributed by atoms with Crippen LogP contribution in [0.5, 0.6) is 0 Å². The van der Waals surface area contributed by atoms with Gasteiger partial charge >= 0.3 is 0 Å². The van der Waals surface area contributed by atoms with E-state index in [4.69, 9.17) is 4.74 Å². The minimum Gasteiger partial charge on any atom is -0.383 e. The fraction of sp³-hybridized carbons (Fsp3) is 0.636. The summed E-state index contributed by atoms with van der Waals surface area (Å²) >= 11 is 0. The zero-order valence-electron chi connectivity index (χ0n) is 16.3. The molecule has 4 rings (SSSR count). The van der Waals surface area contributed by atoms with E-state index in [1.807, 2.05) is 35.2 Å². The Morgan fingerprint density at radius 3 is 2.50 bits per heavy atom. The number of amides is 2. The van der Waals surface area contributed by atoms with Crippen LogP contribution in [0.25, 0.3) is 0 Å².